The fourth-order valence-corrected chi connectivity index (χ4v) is 2.59. The molecule has 0 bridgehead atoms. The molecule has 0 aliphatic heterocycles. The Morgan fingerprint density at radius 2 is 1.61 bits per heavy atom. The minimum absolute atomic E-state index is 0.00564. The second-order valence-corrected chi connectivity index (χ2v) is 5.69. The van der Waals surface area contributed by atoms with E-state index in [1.54, 1.807) is 0 Å². The molecule has 3 nitrogen and oxygen atoms in total. The molecule has 2 aromatic carbocycles. The van der Waals surface area contributed by atoms with Gasteiger partial charge in [-0.15, -0.1) is 0 Å². The highest BCUT2D eigenvalue weighted by Gasteiger charge is 2.20. The van der Waals surface area contributed by atoms with E-state index in [2.05, 4.69) is 17.4 Å². The highest BCUT2D eigenvalue weighted by atomic mass is 16.2. The molecular formula is C20H20N2O. The van der Waals surface area contributed by atoms with Crippen LogP contribution in [0.2, 0.25) is 0 Å². The first-order valence-electron chi connectivity index (χ1n) is 7.76. The molecule has 0 unspecified atom stereocenters. The third-order valence-electron chi connectivity index (χ3n) is 3.88. The lowest BCUT2D eigenvalue weighted by atomic mass is 10.0. The van der Waals surface area contributed by atoms with Crippen molar-refractivity contribution in [3.8, 4) is 0 Å². The van der Waals surface area contributed by atoms with Gasteiger partial charge in [-0.05, 0) is 36.8 Å². The summed E-state index contributed by atoms with van der Waals surface area (Å²) in [5, 5.41) is 3.02. The third kappa shape index (κ3) is 3.89. The SMILES string of the molecule is Cc1ccc(NC(=O)[C@H](Cc2ccccc2)n2cccc2)cc1. The van der Waals surface area contributed by atoms with Crippen LogP contribution < -0.4 is 5.32 Å². The zero-order valence-corrected chi connectivity index (χ0v) is 13.1. The predicted molar refractivity (Wildman–Crippen MR) is 93.4 cm³/mol. The van der Waals surface area contributed by atoms with Crippen LogP contribution in [0.4, 0.5) is 5.69 Å². The Bertz CT molecular complexity index is 746. The standard InChI is InChI=1S/C20H20N2O/c1-16-9-11-18(12-10-16)21-20(23)19(22-13-5-6-14-22)15-17-7-3-2-4-8-17/h2-14,19H,15H2,1H3,(H,21,23)/t19-/m0/s1. The molecule has 1 heterocycles. The van der Waals surface area contributed by atoms with E-state index >= 15 is 0 Å². The largest absolute Gasteiger partial charge is 0.342 e. The van der Waals surface area contributed by atoms with Crippen LogP contribution in [0.1, 0.15) is 17.2 Å². The maximum atomic E-state index is 12.8. The molecule has 1 N–H and O–H groups in total. The molecular weight excluding hydrogens is 284 g/mol. The number of amides is 1. The Morgan fingerprint density at radius 1 is 0.957 bits per heavy atom. The first kappa shape index (κ1) is 15.1. The van der Waals surface area contributed by atoms with Crippen molar-refractivity contribution < 1.29 is 4.79 Å². The Morgan fingerprint density at radius 3 is 2.26 bits per heavy atom. The lowest BCUT2D eigenvalue weighted by Gasteiger charge is -2.19. The van der Waals surface area contributed by atoms with Gasteiger partial charge in [0.25, 0.3) is 0 Å². The summed E-state index contributed by atoms with van der Waals surface area (Å²) in [5.41, 5.74) is 3.14. The van der Waals surface area contributed by atoms with Crippen molar-refractivity contribution >= 4 is 11.6 Å². The zero-order valence-electron chi connectivity index (χ0n) is 13.1. The first-order chi connectivity index (χ1) is 11.2. The molecule has 0 spiro atoms. The molecule has 1 aromatic heterocycles. The number of hydrogen-bond donors (Lipinski definition) is 1. The van der Waals surface area contributed by atoms with Gasteiger partial charge in [0.15, 0.2) is 0 Å². The highest BCUT2D eigenvalue weighted by Crippen LogP contribution is 2.18. The van der Waals surface area contributed by atoms with E-state index in [4.69, 9.17) is 0 Å². The van der Waals surface area contributed by atoms with Gasteiger partial charge in [0.1, 0.15) is 6.04 Å². The number of hydrogen-bond acceptors (Lipinski definition) is 1. The second kappa shape index (κ2) is 6.97. The molecule has 0 saturated carbocycles. The summed E-state index contributed by atoms with van der Waals surface area (Å²) in [6, 6.07) is 21.6. The van der Waals surface area contributed by atoms with Gasteiger partial charge in [0.05, 0.1) is 0 Å². The Hall–Kier alpha value is -2.81. The van der Waals surface area contributed by atoms with E-state index in [1.807, 2.05) is 78.5 Å². The molecule has 0 fully saturated rings. The molecule has 23 heavy (non-hydrogen) atoms. The summed E-state index contributed by atoms with van der Waals surface area (Å²) >= 11 is 0. The van der Waals surface area contributed by atoms with Crippen LogP contribution >= 0.6 is 0 Å². The maximum absolute atomic E-state index is 12.8. The number of carbonyl (C=O) groups excluding carboxylic acids is 1. The van der Waals surface area contributed by atoms with Crippen molar-refractivity contribution in [2.75, 3.05) is 5.32 Å². The quantitative estimate of drug-likeness (QED) is 0.752. The monoisotopic (exact) mass is 304 g/mol. The zero-order chi connectivity index (χ0) is 16.1. The average molecular weight is 304 g/mol. The van der Waals surface area contributed by atoms with Crippen LogP contribution in [0.15, 0.2) is 79.1 Å². The van der Waals surface area contributed by atoms with Gasteiger partial charge >= 0.3 is 0 Å². The predicted octanol–water partition coefficient (Wildman–Crippen LogP) is 4.22. The number of aryl methyl sites for hydroxylation is 1. The number of nitrogens with one attached hydrogen (secondary N) is 1. The van der Waals surface area contributed by atoms with Crippen LogP contribution in [-0.2, 0) is 11.2 Å². The van der Waals surface area contributed by atoms with Crippen LogP contribution in [0.25, 0.3) is 0 Å². The smallest absolute Gasteiger partial charge is 0.247 e. The fourth-order valence-electron chi connectivity index (χ4n) is 2.59. The normalized spacial score (nSPS) is 11.9. The van der Waals surface area contributed by atoms with Gasteiger partial charge in [-0.3, -0.25) is 4.79 Å². The van der Waals surface area contributed by atoms with E-state index in [-0.39, 0.29) is 11.9 Å². The molecule has 1 atom stereocenters. The maximum Gasteiger partial charge on any atom is 0.247 e. The first-order valence-corrected chi connectivity index (χ1v) is 7.76. The van der Waals surface area contributed by atoms with E-state index in [1.165, 1.54) is 5.56 Å². The number of rotatable bonds is 5. The van der Waals surface area contributed by atoms with Crippen molar-refractivity contribution in [2.45, 2.75) is 19.4 Å². The van der Waals surface area contributed by atoms with Gasteiger partial charge in [-0.1, -0.05) is 48.0 Å². The van der Waals surface area contributed by atoms with Crippen LogP contribution in [0.3, 0.4) is 0 Å². The van der Waals surface area contributed by atoms with Crippen molar-refractivity contribution in [1.82, 2.24) is 4.57 Å². The van der Waals surface area contributed by atoms with Gasteiger partial charge in [-0.2, -0.15) is 0 Å². The minimum atomic E-state index is -0.270. The summed E-state index contributed by atoms with van der Waals surface area (Å²) in [6.07, 6.45) is 4.53. The highest BCUT2D eigenvalue weighted by molar-refractivity contribution is 5.93. The van der Waals surface area contributed by atoms with Crippen molar-refractivity contribution in [3.63, 3.8) is 0 Å². The second-order valence-electron chi connectivity index (χ2n) is 5.69. The molecule has 3 aromatic rings. The van der Waals surface area contributed by atoms with Crippen LogP contribution in [0.5, 0.6) is 0 Å². The minimum Gasteiger partial charge on any atom is -0.342 e. The summed E-state index contributed by atoms with van der Waals surface area (Å²) in [6.45, 7) is 2.03. The van der Waals surface area contributed by atoms with Gasteiger partial charge in [-0.25, -0.2) is 0 Å². The number of nitrogens with zero attached hydrogens (tertiary/aromatic N) is 1. The van der Waals surface area contributed by atoms with Crippen molar-refractivity contribution in [2.24, 2.45) is 0 Å². The molecule has 0 saturated heterocycles. The third-order valence-corrected chi connectivity index (χ3v) is 3.88. The summed E-state index contributed by atoms with van der Waals surface area (Å²) < 4.78 is 1.95. The van der Waals surface area contributed by atoms with E-state index in [0.717, 1.165) is 11.3 Å². The molecule has 3 rings (SSSR count). The average Bonchev–Trinajstić information content (AvgIpc) is 3.10. The van der Waals surface area contributed by atoms with E-state index < -0.39 is 0 Å². The van der Waals surface area contributed by atoms with Gasteiger partial charge in [0.2, 0.25) is 5.91 Å². The molecule has 3 heteroatoms. The molecule has 0 aliphatic rings. The molecule has 1 amide bonds. The Labute approximate surface area is 136 Å². The lowest BCUT2D eigenvalue weighted by molar-refractivity contribution is -0.119. The molecule has 116 valence electrons. The number of benzene rings is 2. The van der Waals surface area contributed by atoms with Gasteiger partial charge in [0, 0.05) is 24.5 Å². The Kier molecular flexibility index (Phi) is 4.57. The Balaban J connectivity index is 1.80. The fraction of sp³-hybridized carbons (Fsp3) is 0.150. The van der Waals surface area contributed by atoms with Gasteiger partial charge < -0.3 is 9.88 Å². The molecule has 0 radical (unpaired) electrons. The number of aromatic nitrogens is 1. The van der Waals surface area contributed by atoms with Crippen molar-refractivity contribution in [1.29, 1.82) is 0 Å². The summed E-state index contributed by atoms with van der Waals surface area (Å²) in [5.74, 6) is -0.00564. The lowest BCUT2D eigenvalue weighted by Crippen LogP contribution is -2.27. The van der Waals surface area contributed by atoms with E-state index in [9.17, 15) is 4.79 Å². The van der Waals surface area contributed by atoms with Crippen LogP contribution in [0, 0.1) is 6.92 Å². The van der Waals surface area contributed by atoms with Crippen molar-refractivity contribution in [3.05, 3.63) is 90.3 Å². The topological polar surface area (TPSA) is 34.0 Å². The van der Waals surface area contributed by atoms with Crippen LogP contribution in [-0.4, -0.2) is 10.5 Å². The number of carbonyl (C=O) groups is 1. The molecule has 0 aliphatic carbocycles. The summed E-state index contributed by atoms with van der Waals surface area (Å²) in [4.78, 5) is 12.8. The summed E-state index contributed by atoms with van der Waals surface area (Å²) in [7, 11) is 0. The van der Waals surface area contributed by atoms with E-state index in [0.29, 0.717) is 6.42 Å². The number of anilines is 1.